The number of hydrogen-bond acceptors (Lipinski definition) is 5. The molecule has 0 aliphatic rings. The molecule has 1 aromatic heterocycles. The van der Waals surface area contributed by atoms with Crippen molar-refractivity contribution >= 4 is 21.6 Å². The Morgan fingerprint density at radius 2 is 1.83 bits per heavy atom. The van der Waals surface area contributed by atoms with Crippen molar-refractivity contribution in [3.63, 3.8) is 0 Å². The first-order chi connectivity index (χ1) is 14.4. The number of nitrogens with one attached hydrogen (secondary N) is 2. The van der Waals surface area contributed by atoms with Gasteiger partial charge in [0.15, 0.2) is 0 Å². The molecule has 0 fully saturated rings. The second-order valence-electron chi connectivity index (χ2n) is 6.58. The minimum atomic E-state index is -3.70. The average Bonchev–Trinajstić information content (AvgIpc) is 3.14. The zero-order valence-electron chi connectivity index (χ0n) is 16.4. The number of carbonyl (C=O) groups excluding carboxylic acids is 1. The quantitative estimate of drug-likeness (QED) is 0.540. The predicted octanol–water partition coefficient (Wildman–Crippen LogP) is 2.68. The highest BCUT2D eigenvalue weighted by Gasteiger charge is 2.14. The van der Waals surface area contributed by atoms with Gasteiger partial charge in [0.1, 0.15) is 5.82 Å². The van der Waals surface area contributed by atoms with Crippen LogP contribution in [0.5, 0.6) is 0 Å². The van der Waals surface area contributed by atoms with E-state index in [4.69, 9.17) is 5.26 Å². The second kappa shape index (κ2) is 9.35. The van der Waals surface area contributed by atoms with E-state index in [-0.39, 0.29) is 23.8 Å². The molecule has 0 radical (unpaired) electrons. The fourth-order valence-electron chi connectivity index (χ4n) is 2.77. The van der Waals surface area contributed by atoms with E-state index in [9.17, 15) is 13.2 Å². The Labute approximate surface area is 175 Å². The Morgan fingerprint density at radius 1 is 1.13 bits per heavy atom. The first kappa shape index (κ1) is 21.2. The van der Waals surface area contributed by atoms with Gasteiger partial charge < -0.3 is 9.88 Å². The lowest BCUT2D eigenvalue weighted by atomic mass is 10.2. The summed E-state index contributed by atoms with van der Waals surface area (Å²) in [5, 5.41) is 11.3. The van der Waals surface area contributed by atoms with Crippen molar-refractivity contribution in [2.75, 3.05) is 11.9 Å². The molecule has 30 heavy (non-hydrogen) atoms. The smallest absolute Gasteiger partial charge is 0.255 e. The van der Waals surface area contributed by atoms with Gasteiger partial charge in [0.2, 0.25) is 10.0 Å². The Hall–Kier alpha value is -3.48. The lowest BCUT2D eigenvalue weighted by Gasteiger charge is -2.09. The number of hydrogen-bond donors (Lipinski definition) is 2. The van der Waals surface area contributed by atoms with Crippen LogP contribution in [0.25, 0.3) is 0 Å². The first-order valence-corrected chi connectivity index (χ1v) is 10.7. The van der Waals surface area contributed by atoms with Crippen molar-refractivity contribution in [1.82, 2.24) is 14.3 Å². The van der Waals surface area contributed by atoms with Gasteiger partial charge in [-0.25, -0.2) is 18.1 Å². The van der Waals surface area contributed by atoms with E-state index < -0.39 is 10.0 Å². The van der Waals surface area contributed by atoms with Crippen LogP contribution in [-0.4, -0.2) is 30.4 Å². The molecule has 2 N–H and O–H groups in total. The number of nitriles is 1. The van der Waals surface area contributed by atoms with Gasteiger partial charge in [-0.3, -0.25) is 4.79 Å². The molecule has 1 amide bonds. The normalized spacial score (nSPS) is 11.1. The van der Waals surface area contributed by atoms with Crippen LogP contribution < -0.4 is 10.0 Å². The maximum Gasteiger partial charge on any atom is 0.255 e. The van der Waals surface area contributed by atoms with Gasteiger partial charge >= 0.3 is 0 Å². The molecule has 3 aromatic rings. The predicted molar refractivity (Wildman–Crippen MR) is 112 cm³/mol. The highest BCUT2D eigenvalue weighted by atomic mass is 32.2. The molecule has 0 spiro atoms. The van der Waals surface area contributed by atoms with Gasteiger partial charge in [0.05, 0.1) is 11.0 Å². The lowest BCUT2D eigenvalue weighted by Crippen LogP contribution is -2.24. The van der Waals surface area contributed by atoms with Crippen molar-refractivity contribution in [1.29, 1.82) is 5.26 Å². The van der Waals surface area contributed by atoms with Gasteiger partial charge in [-0.15, -0.1) is 0 Å². The van der Waals surface area contributed by atoms with Crippen LogP contribution in [-0.2, 0) is 16.6 Å². The Kier molecular flexibility index (Phi) is 6.61. The van der Waals surface area contributed by atoms with Crippen LogP contribution in [0.3, 0.4) is 0 Å². The number of sulfonamides is 1. The standard InChI is InChI=1S/C21H21N5O3S/c1-16-23-13-14-26(16)15-17-3-7-19(8-4-17)25-21(27)18-5-9-20(10-6-18)30(28,29)24-12-2-11-22/h3-10,13-14,24H,2,12,15H2,1H3,(H,25,27). The van der Waals surface area contributed by atoms with Crippen LogP contribution in [0.2, 0.25) is 0 Å². The minimum absolute atomic E-state index is 0.0381. The third kappa shape index (κ3) is 5.31. The number of rotatable bonds is 8. The minimum Gasteiger partial charge on any atom is -0.331 e. The summed E-state index contributed by atoms with van der Waals surface area (Å²) in [6.45, 7) is 2.67. The molecule has 0 aliphatic carbocycles. The van der Waals surface area contributed by atoms with Gasteiger partial charge in [0.25, 0.3) is 5.91 Å². The number of benzene rings is 2. The van der Waals surface area contributed by atoms with Crippen LogP contribution >= 0.6 is 0 Å². The number of anilines is 1. The maximum absolute atomic E-state index is 12.4. The fourth-order valence-corrected chi connectivity index (χ4v) is 3.81. The Balaban J connectivity index is 1.62. The van der Waals surface area contributed by atoms with Crippen molar-refractivity contribution in [2.24, 2.45) is 0 Å². The first-order valence-electron chi connectivity index (χ1n) is 9.24. The molecule has 0 saturated carbocycles. The van der Waals surface area contributed by atoms with Crippen LogP contribution in [0.15, 0.2) is 65.8 Å². The molecule has 9 heteroatoms. The highest BCUT2D eigenvalue weighted by Crippen LogP contribution is 2.15. The van der Waals surface area contributed by atoms with Gasteiger partial charge in [0, 0.05) is 43.2 Å². The number of carbonyl (C=O) groups is 1. The molecule has 3 rings (SSSR count). The molecule has 0 saturated heterocycles. The summed E-state index contributed by atoms with van der Waals surface area (Å²) in [6, 6.07) is 15.0. The summed E-state index contributed by atoms with van der Waals surface area (Å²) in [7, 11) is -3.70. The van der Waals surface area contributed by atoms with Crippen molar-refractivity contribution in [2.45, 2.75) is 24.8 Å². The summed E-state index contributed by atoms with van der Waals surface area (Å²) in [5.41, 5.74) is 2.05. The summed E-state index contributed by atoms with van der Waals surface area (Å²) in [6.07, 6.45) is 3.75. The zero-order chi connectivity index (χ0) is 21.6. The monoisotopic (exact) mass is 423 g/mol. The molecular formula is C21H21N5O3S. The Bertz CT molecular complexity index is 1160. The van der Waals surface area contributed by atoms with Gasteiger partial charge in [-0.05, 0) is 48.9 Å². The molecular weight excluding hydrogens is 402 g/mol. The van der Waals surface area contributed by atoms with E-state index in [1.165, 1.54) is 24.3 Å². The van der Waals surface area contributed by atoms with Crippen molar-refractivity contribution in [3.8, 4) is 6.07 Å². The lowest BCUT2D eigenvalue weighted by molar-refractivity contribution is 0.102. The average molecular weight is 423 g/mol. The van der Waals surface area contributed by atoms with Crippen LogP contribution in [0, 0.1) is 18.3 Å². The van der Waals surface area contributed by atoms with Crippen molar-refractivity contribution in [3.05, 3.63) is 77.9 Å². The number of nitrogens with zero attached hydrogens (tertiary/aromatic N) is 3. The van der Waals surface area contributed by atoms with E-state index in [0.29, 0.717) is 17.8 Å². The fraction of sp³-hybridized carbons (Fsp3) is 0.190. The van der Waals surface area contributed by atoms with E-state index in [1.54, 1.807) is 6.20 Å². The van der Waals surface area contributed by atoms with E-state index in [0.717, 1.165) is 11.4 Å². The number of amides is 1. The molecule has 8 nitrogen and oxygen atoms in total. The number of aromatic nitrogens is 2. The topological polar surface area (TPSA) is 117 Å². The summed E-state index contributed by atoms with van der Waals surface area (Å²) < 4.78 is 28.6. The molecule has 0 atom stereocenters. The van der Waals surface area contributed by atoms with Crippen LogP contribution in [0.4, 0.5) is 5.69 Å². The Morgan fingerprint density at radius 3 is 2.43 bits per heavy atom. The molecule has 2 aromatic carbocycles. The largest absolute Gasteiger partial charge is 0.331 e. The molecule has 0 aliphatic heterocycles. The highest BCUT2D eigenvalue weighted by molar-refractivity contribution is 7.89. The third-order valence-corrected chi connectivity index (χ3v) is 5.92. The molecule has 0 bridgehead atoms. The summed E-state index contributed by atoms with van der Waals surface area (Å²) in [4.78, 5) is 16.7. The van der Waals surface area contributed by atoms with Gasteiger partial charge in [-0.1, -0.05) is 12.1 Å². The summed E-state index contributed by atoms with van der Waals surface area (Å²) in [5.74, 6) is 0.590. The molecule has 0 unspecified atom stereocenters. The summed E-state index contributed by atoms with van der Waals surface area (Å²) >= 11 is 0. The van der Waals surface area contributed by atoms with E-state index >= 15 is 0 Å². The van der Waals surface area contributed by atoms with Crippen LogP contribution in [0.1, 0.15) is 28.2 Å². The van der Waals surface area contributed by atoms with E-state index in [1.807, 2.05) is 48.0 Å². The SMILES string of the molecule is Cc1nccn1Cc1ccc(NC(=O)c2ccc(S(=O)(=O)NCCC#N)cc2)cc1. The molecule has 1 heterocycles. The van der Waals surface area contributed by atoms with Gasteiger partial charge in [-0.2, -0.15) is 5.26 Å². The van der Waals surface area contributed by atoms with E-state index in [2.05, 4.69) is 15.0 Å². The van der Waals surface area contributed by atoms with Crippen molar-refractivity contribution < 1.29 is 13.2 Å². The second-order valence-corrected chi connectivity index (χ2v) is 8.35. The number of imidazole rings is 1. The third-order valence-electron chi connectivity index (χ3n) is 4.44. The zero-order valence-corrected chi connectivity index (χ0v) is 17.2. The molecule has 154 valence electrons. The maximum atomic E-state index is 12.4. The number of aryl methyl sites for hydroxylation is 1.